The van der Waals surface area contributed by atoms with Gasteiger partial charge in [-0.05, 0) is 44.0 Å². The molecule has 0 atom stereocenters. The van der Waals surface area contributed by atoms with E-state index in [0.29, 0.717) is 11.0 Å². The van der Waals surface area contributed by atoms with Crippen LogP contribution in [0.3, 0.4) is 0 Å². The van der Waals surface area contributed by atoms with Crippen molar-refractivity contribution in [3.63, 3.8) is 0 Å². The third-order valence-corrected chi connectivity index (χ3v) is 4.99. The van der Waals surface area contributed by atoms with Crippen molar-refractivity contribution in [1.29, 1.82) is 0 Å². The zero-order valence-electron chi connectivity index (χ0n) is 12.8. The summed E-state index contributed by atoms with van der Waals surface area (Å²) in [5.74, 6) is -0.657. The molecule has 0 spiro atoms. The van der Waals surface area contributed by atoms with Gasteiger partial charge in [-0.15, -0.1) is 11.3 Å². The topological polar surface area (TPSA) is 63.2 Å². The Kier molecular flexibility index (Phi) is 4.88. The average Bonchev–Trinajstić information content (AvgIpc) is 3.04. The first-order chi connectivity index (χ1) is 11.2. The van der Waals surface area contributed by atoms with E-state index in [2.05, 4.69) is 15.6 Å². The minimum atomic E-state index is -0.664. The van der Waals surface area contributed by atoms with Gasteiger partial charge in [-0.25, -0.2) is 9.37 Å². The van der Waals surface area contributed by atoms with Crippen molar-refractivity contribution in [2.75, 3.05) is 25.5 Å². The Bertz CT molecular complexity index is 698. The average molecular weight is 335 g/mol. The monoisotopic (exact) mass is 335 g/mol. The van der Waals surface area contributed by atoms with Crippen LogP contribution < -0.4 is 15.4 Å². The number of carbonyl (C=O) groups excluding carboxylic acids is 1. The quantitative estimate of drug-likeness (QED) is 0.901. The maximum Gasteiger partial charge on any atom is 0.260 e. The first kappa shape index (κ1) is 15.9. The third kappa shape index (κ3) is 3.51. The van der Waals surface area contributed by atoms with Gasteiger partial charge in [-0.3, -0.25) is 10.1 Å². The number of nitrogens with zero attached hydrogens (tertiary/aromatic N) is 1. The smallest absolute Gasteiger partial charge is 0.260 e. The lowest BCUT2D eigenvalue weighted by Crippen LogP contribution is -2.26. The maximum atomic E-state index is 14.1. The van der Waals surface area contributed by atoms with E-state index in [9.17, 15) is 9.18 Å². The molecular weight excluding hydrogens is 317 g/mol. The molecule has 1 saturated heterocycles. The van der Waals surface area contributed by atoms with Crippen LogP contribution in [0.25, 0.3) is 0 Å². The van der Waals surface area contributed by atoms with Crippen LogP contribution in [0.1, 0.15) is 34.0 Å². The summed E-state index contributed by atoms with van der Waals surface area (Å²) in [5, 5.41) is 6.48. The Morgan fingerprint density at radius 2 is 2.22 bits per heavy atom. The SMILES string of the molecule is COc1cccc(C(=O)Nc2ncc(C3CCNCC3)s2)c1F. The minimum Gasteiger partial charge on any atom is -0.494 e. The highest BCUT2D eigenvalue weighted by Crippen LogP contribution is 2.32. The van der Waals surface area contributed by atoms with Gasteiger partial charge in [-0.2, -0.15) is 0 Å². The fourth-order valence-electron chi connectivity index (χ4n) is 2.65. The number of benzene rings is 1. The fourth-order valence-corrected chi connectivity index (χ4v) is 3.63. The van der Waals surface area contributed by atoms with Crippen molar-refractivity contribution in [2.24, 2.45) is 0 Å². The normalized spacial score (nSPS) is 15.4. The lowest BCUT2D eigenvalue weighted by Gasteiger charge is -2.20. The molecule has 1 aliphatic rings. The summed E-state index contributed by atoms with van der Waals surface area (Å²) in [4.78, 5) is 17.6. The van der Waals surface area contributed by atoms with E-state index in [4.69, 9.17) is 4.74 Å². The molecule has 2 N–H and O–H groups in total. The molecule has 7 heteroatoms. The van der Waals surface area contributed by atoms with Crippen molar-refractivity contribution in [3.05, 3.63) is 40.7 Å². The van der Waals surface area contributed by atoms with Crippen LogP contribution >= 0.6 is 11.3 Å². The number of methoxy groups -OCH3 is 1. The van der Waals surface area contributed by atoms with E-state index in [1.54, 1.807) is 12.3 Å². The second kappa shape index (κ2) is 7.06. The van der Waals surface area contributed by atoms with E-state index in [1.807, 2.05) is 0 Å². The van der Waals surface area contributed by atoms with Crippen molar-refractivity contribution in [1.82, 2.24) is 10.3 Å². The number of ether oxygens (including phenoxy) is 1. The van der Waals surface area contributed by atoms with Crippen LogP contribution in [0.5, 0.6) is 5.75 Å². The number of amides is 1. The van der Waals surface area contributed by atoms with Crippen molar-refractivity contribution in [3.8, 4) is 5.75 Å². The Labute approximate surface area is 137 Å². The molecule has 2 heterocycles. The fraction of sp³-hybridized carbons (Fsp3) is 0.375. The van der Waals surface area contributed by atoms with E-state index in [-0.39, 0.29) is 11.3 Å². The van der Waals surface area contributed by atoms with Crippen LogP contribution in [0.4, 0.5) is 9.52 Å². The van der Waals surface area contributed by atoms with Gasteiger partial charge < -0.3 is 10.1 Å². The highest BCUT2D eigenvalue weighted by Gasteiger charge is 2.20. The van der Waals surface area contributed by atoms with Crippen LogP contribution in [-0.2, 0) is 0 Å². The van der Waals surface area contributed by atoms with Crippen molar-refractivity contribution < 1.29 is 13.9 Å². The summed E-state index contributed by atoms with van der Waals surface area (Å²) in [6, 6.07) is 4.48. The predicted molar refractivity (Wildman–Crippen MR) is 87.9 cm³/mol. The molecule has 1 aromatic heterocycles. The zero-order valence-corrected chi connectivity index (χ0v) is 13.6. The van der Waals surface area contributed by atoms with Gasteiger partial charge >= 0.3 is 0 Å². The largest absolute Gasteiger partial charge is 0.494 e. The van der Waals surface area contributed by atoms with Crippen LogP contribution in [0.15, 0.2) is 24.4 Å². The number of halogens is 1. The number of rotatable bonds is 4. The molecule has 0 aliphatic carbocycles. The lowest BCUT2D eigenvalue weighted by atomic mass is 9.97. The second-order valence-corrected chi connectivity index (χ2v) is 6.43. The zero-order chi connectivity index (χ0) is 16.2. The molecule has 5 nitrogen and oxygen atoms in total. The summed E-state index contributed by atoms with van der Waals surface area (Å²) in [6.45, 7) is 2.00. The number of anilines is 1. The van der Waals surface area contributed by atoms with Gasteiger partial charge in [-0.1, -0.05) is 6.07 Å². The summed E-state index contributed by atoms with van der Waals surface area (Å²) >= 11 is 1.45. The van der Waals surface area contributed by atoms with Gasteiger partial charge in [0, 0.05) is 11.1 Å². The van der Waals surface area contributed by atoms with Crippen LogP contribution in [0, 0.1) is 5.82 Å². The van der Waals surface area contributed by atoms with E-state index in [0.717, 1.165) is 30.8 Å². The van der Waals surface area contributed by atoms with Crippen LogP contribution in [-0.4, -0.2) is 31.1 Å². The van der Waals surface area contributed by atoms with Crippen LogP contribution in [0.2, 0.25) is 0 Å². The van der Waals surface area contributed by atoms with E-state index < -0.39 is 11.7 Å². The summed E-state index contributed by atoms with van der Waals surface area (Å²) in [5.41, 5.74) is -0.0528. The molecule has 0 radical (unpaired) electrons. The molecular formula is C16H18FN3O2S. The first-order valence-corrected chi connectivity index (χ1v) is 8.31. The molecule has 1 fully saturated rings. The molecule has 0 bridgehead atoms. The summed E-state index contributed by atoms with van der Waals surface area (Å²) in [6.07, 6.45) is 3.94. The van der Waals surface area contributed by atoms with Gasteiger partial charge in [0.05, 0.1) is 12.7 Å². The Hall–Kier alpha value is -1.99. The molecule has 122 valence electrons. The summed E-state index contributed by atoms with van der Waals surface area (Å²) < 4.78 is 19.0. The number of nitrogens with one attached hydrogen (secondary N) is 2. The number of hydrogen-bond donors (Lipinski definition) is 2. The molecule has 1 aromatic carbocycles. The lowest BCUT2D eigenvalue weighted by molar-refractivity contribution is 0.102. The van der Waals surface area contributed by atoms with Gasteiger partial charge in [0.1, 0.15) is 0 Å². The molecule has 2 aromatic rings. The number of thiazole rings is 1. The molecule has 23 heavy (non-hydrogen) atoms. The standard InChI is InChI=1S/C16H18FN3O2S/c1-22-12-4-2-3-11(14(12)17)15(21)20-16-19-9-13(23-16)10-5-7-18-8-6-10/h2-4,9-10,18H,5-8H2,1H3,(H,19,20,21). The Morgan fingerprint density at radius 1 is 1.43 bits per heavy atom. The van der Waals surface area contributed by atoms with Gasteiger partial charge in [0.2, 0.25) is 0 Å². The van der Waals surface area contributed by atoms with E-state index in [1.165, 1.54) is 30.6 Å². The molecule has 0 unspecified atom stereocenters. The number of piperidine rings is 1. The number of carbonyl (C=O) groups is 1. The molecule has 1 aliphatic heterocycles. The highest BCUT2D eigenvalue weighted by atomic mass is 32.1. The summed E-state index contributed by atoms with van der Waals surface area (Å²) in [7, 11) is 1.37. The molecule has 3 rings (SSSR count). The minimum absolute atomic E-state index is 0.0483. The Morgan fingerprint density at radius 3 is 2.96 bits per heavy atom. The third-order valence-electron chi connectivity index (χ3n) is 3.91. The highest BCUT2D eigenvalue weighted by molar-refractivity contribution is 7.15. The predicted octanol–water partition coefficient (Wildman–Crippen LogP) is 3.01. The molecule has 1 amide bonds. The number of aromatic nitrogens is 1. The van der Waals surface area contributed by atoms with Crippen molar-refractivity contribution in [2.45, 2.75) is 18.8 Å². The van der Waals surface area contributed by atoms with Crippen molar-refractivity contribution >= 4 is 22.4 Å². The van der Waals surface area contributed by atoms with E-state index >= 15 is 0 Å². The van der Waals surface area contributed by atoms with Gasteiger partial charge in [0.25, 0.3) is 5.91 Å². The van der Waals surface area contributed by atoms with Gasteiger partial charge in [0.15, 0.2) is 16.7 Å². The maximum absolute atomic E-state index is 14.1. The Balaban J connectivity index is 1.72. The molecule has 0 saturated carbocycles. The second-order valence-electron chi connectivity index (χ2n) is 5.37. The first-order valence-electron chi connectivity index (χ1n) is 7.49. The number of hydrogen-bond acceptors (Lipinski definition) is 5.